The van der Waals surface area contributed by atoms with Crippen molar-refractivity contribution in [2.75, 3.05) is 21.1 Å². The molecule has 0 atom stereocenters. The molecule has 0 saturated carbocycles. The first kappa shape index (κ1) is 12.6. The smallest absolute Gasteiger partial charge is 0.290 e. The molecule has 63 valence electrons. The van der Waals surface area contributed by atoms with Crippen LogP contribution in [0.5, 0.6) is 0 Å². The Balaban J connectivity index is 0.00000121. The van der Waals surface area contributed by atoms with E-state index in [9.17, 15) is 0 Å². The maximum atomic E-state index is 2.33. The fraction of sp³-hybridized carbons (Fsp3) is 1.00. The van der Waals surface area contributed by atoms with Crippen molar-refractivity contribution in [3.8, 4) is 0 Å². The molecular weight excluding hydrogens is 207 g/mol. The molecule has 1 heterocycles. The first-order chi connectivity index (χ1) is 5.04. The topological polar surface area (TPSA) is 9.72 Å². The monoisotopic (exact) mass is 224 g/mol. The molecule has 0 N–H and O–H groups in total. The summed E-state index contributed by atoms with van der Waals surface area (Å²) in [5, 5.41) is 0. The van der Waals surface area contributed by atoms with E-state index in [-0.39, 0.29) is 17.6 Å². The molecule has 1 fully saturated rings. The molecule has 0 aromatic rings. The van der Waals surface area contributed by atoms with Crippen LogP contribution in [0.4, 0.5) is 0 Å². The number of rotatable bonds is 0. The van der Waals surface area contributed by atoms with Crippen molar-refractivity contribution in [3.63, 3.8) is 0 Å². The average Bonchev–Trinajstić information content (AvgIpc) is 1.97. The summed E-state index contributed by atoms with van der Waals surface area (Å²) >= 11 is 0. The van der Waals surface area contributed by atoms with Gasteiger partial charge in [0.05, 0.1) is 0 Å². The Hall–Kier alpha value is 0.618. The molecule has 0 bridgehead atoms. The number of hydrogen-bond acceptors (Lipinski definition) is 3. The molecule has 5 radical (unpaired) electrons. The quantitative estimate of drug-likeness (QED) is 0.496. The minimum absolute atomic E-state index is 0. The van der Waals surface area contributed by atoms with Gasteiger partial charge < -0.3 is 14.2 Å². The second kappa shape index (κ2) is 4.74. The van der Waals surface area contributed by atoms with Gasteiger partial charge in [-0.2, -0.15) is 0 Å². The molecule has 3 nitrogen and oxygen atoms in total. The molecule has 0 aromatic carbocycles. The van der Waals surface area contributed by atoms with E-state index in [1.54, 1.807) is 0 Å². The minimum atomic E-state index is 0. The summed E-state index contributed by atoms with van der Waals surface area (Å²) in [6, 6.07) is 0. The standard InChI is InChI=1S/C5H15B3N3.Ge/c1-7-9(3)6-10(4)8(2)11(7)5;/h1-5H3;. The van der Waals surface area contributed by atoms with E-state index in [0.717, 1.165) is 0 Å². The van der Waals surface area contributed by atoms with Crippen molar-refractivity contribution in [2.24, 2.45) is 0 Å². The largest absolute Gasteiger partial charge is 0.364 e. The van der Waals surface area contributed by atoms with Gasteiger partial charge in [0.1, 0.15) is 0 Å². The molecule has 0 aliphatic carbocycles. The Bertz CT molecular complexity index is 136. The zero-order valence-electron chi connectivity index (χ0n) is 8.57. The van der Waals surface area contributed by atoms with Crippen LogP contribution < -0.4 is 0 Å². The van der Waals surface area contributed by atoms with Gasteiger partial charge >= 0.3 is 0 Å². The molecule has 0 aromatic heterocycles. The zero-order valence-corrected chi connectivity index (χ0v) is 10.7. The second-order valence-corrected chi connectivity index (χ2v) is 3.38. The van der Waals surface area contributed by atoms with Crippen LogP contribution >= 0.6 is 0 Å². The van der Waals surface area contributed by atoms with Crippen LogP contribution in [0.25, 0.3) is 0 Å². The Morgan fingerprint density at radius 1 is 0.917 bits per heavy atom. The van der Waals surface area contributed by atoms with Crippen LogP contribution in [0.3, 0.4) is 0 Å². The van der Waals surface area contributed by atoms with Crippen molar-refractivity contribution in [3.05, 3.63) is 0 Å². The molecule has 1 aliphatic heterocycles. The van der Waals surface area contributed by atoms with Crippen molar-refractivity contribution in [2.45, 2.75) is 13.6 Å². The van der Waals surface area contributed by atoms with Gasteiger partial charge in [-0.15, -0.1) is 0 Å². The van der Waals surface area contributed by atoms with E-state index in [0.29, 0.717) is 14.0 Å². The third kappa shape index (κ3) is 2.31. The van der Waals surface area contributed by atoms with Gasteiger partial charge in [0, 0.05) is 17.6 Å². The van der Waals surface area contributed by atoms with Gasteiger partial charge in [-0.05, 0) is 21.1 Å². The summed E-state index contributed by atoms with van der Waals surface area (Å²) in [6.07, 6.45) is 0. The Morgan fingerprint density at radius 2 is 1.25 bits per heavy atom. The van der Waals surface area contributed by atoms with Crippen LogP contribution in [-0.4, -0.2) is 74.4 Å². The summed E-state index contributed by atoms with van der Waals surface area (Å²) in [4.78, 5) is 0. The van der Waals surface area contributed by atoms with Crippen LogP contribution in [0.2, 0.25) is 13.6 Å². The maximum Gasteiger partial charge on any atom is 0.290 e. The minimum Gasteiger partial charge on any atom is -0.364 e. The molecule has 0 amide bonds. The van der Waals surface area contributed by atoms with E-state index in [2.05, 4.69) is 56.5 Å². The summed E-state index contributed by atoms with van der Waals surface area (Å²) < 4.78 is 6.75. The van der Waals surface area contributed by atoms with Crippen LogP contribution in [0.1, 0.15) is 0 Å². The Morgan fingerprint density at radius 3 is 1.58 bits per heavy atom. The molecular formula is C5H15B3GeN3. The number of nitrogens with zero attached hydrogens (tertiary/aromatic N) is 3. The first-order valence-corrected chi connectivity index (χ1v) is 4.05. The summed E-state index contributed by atoms with van der Waals surface area (Å²) in [5.41, 5.74) is 0. The van der Waals surface area contributed by atoms with Gasteiger partial charge in [-0.1, -0.05) is 13.6 Å². The van der Waals surface area contributed by atoms with Gasteiger partial charge in [-0.25, -0.2) is 0 Å². The molecule has 1 saturated heterocycles. The fourth-order valence-electron chi connectivity index (χ4n) is 1.37. The fourth-order valence-corrected chi connectivity index (χ4v) is 1.37. The van der Waals surface area contributed by atoms with Crippen LogP contribution in [0, 0.1) is 0 Å². The van der Waals surface area contributed by atoms with E-state index >= 15 is 0 Å². The first-order valence-electron chi connectivity index (χ1n) is 4.05. The normalized spacial score (nSPS) is 22.1. The van der Waals surface area contributed by atoms with Crippen LogP contribution in [-0.2, 0) is 0 Å². The van der Waals surface area contributed by atoms with Gasteiger partial charge in [0.15, 0.2) is 0 Å². The van der Waals surface area contributed by atoms with Gasteiger partial charge in [-0.3, -0.25) is 0 Å². The van der Waals surface area contributed by atoms with E-state index in [1.807, 2.05) is 0 Å². The van der Waals surface area contributed by atoms with Crippen molar-refractivity contribution in [1.29, 1.82) is 0 Å². The van der Waals surface area contributed by atoms with Crippen molar-refractivity contribution in [1.82, 2.24) is 14.2 Å². The third-order valence-corrected chi connectivity index (χ3v) is 2.72. The Kier molecular flexibility index (Phi) is 4.99. The van der Waals surface area contributed by atoms with E-state index in [4.69, 9.17) is 0 Å². The molecule has 1 aliphatic rings. The van der Waals surface area contributed by atoms with Gasteiger partial charge in [0.2, 0.25) is 0 Å². The summed E-state index contributed by atoms with van der Waals surface area (Å²) in [7, 11) is 8.50. The van der Waals surface area contributed by atoms with Crippen LogP contribution in [0.15, 0.2) is 0 Å². The third-order valence-electron chi connectivity index (χ3n) is 2.72. The summed E-state index contributed by atoms with van der Waals surface area (Å²) in [6.45, 7) is 5.42. The van der Waals surface area contributed by atoms with Gasteiger partial charge in [0.25, 0.3) is 21.5 Å². The van der Waals surface area contributed by atoms with Crippen molar-refractivity contribution >= 4 is 39.1 Å². The maximum absolute atomic E-state index is 2.33. The molecule has 12 heavy (non-hydrogen) atoms. The second-order valence-electron chi connectivity index (χ2n) is 3.38. The predicted molar refractivity (Wildman–Crippen MR) is 58.0 cm³/mol. The predicted octanol–water partition coefficient (Wildman–Crippen LogP) is -0.815. The van der Waals surface area contributed by atoms with E-state index < -0.39 is 0 Å². The Labute approximate surface area is 88.3 Å². The average molecular weight is 222 g/mol. The molecule has 1 rings (SSSR count). The van der Waals surface area contributed by atoms with Crippen molar-refractivity contribution < 1.29 is 0 Å². The zero-order chi connectivity index (χ0) is 8.59. The SMILES string of the molecule is CB1N(C)[B]N(C)B(C)N1C.[Ge]. The molecule has 0 spiro atoms. The summed E-state index contributed by atoms with van der Waals surface area (Å²) in [5.74, 6) is 0. The van der Waals surface area contributed by atoms with E-state index in [1.165, 1.54) is 0 Å². The molecule has 0 unspecified atom stereocenters. The molecule has 7 heteroatoms. The number of hydrogen-bond donors (Lipinski definition) is 0.